The lowest BCUT2D eigenvalue weighted by Crippen LogP contribution is -2.37. The van der Waals surface area contributed by atoms with Crippen LogP contribution < -0.4 is 15.8 Å². The van der Waals surface area contributed by atoms with E-state index in [0.717, 1.165) is 48.8 Å². The van der Waals surface area contributed by atoms with E-state index in [1.54, 1.807) is 17.7 Å². The molecule has 9 heteroatoms. The number of para-hydroxylation sites is 1. The van der Waals surface area contributed by atoms with Crippen LogP contribution in [-0.2, 0) is 22.5 Å². The topological polar surface area (TPSA) is 84.4 Å². The molecular formula is C24H26N6O2S. The number of ether oxygens (including phenoxy) is 2. The normalized spacial score (nSPS) is 17.8. The molecule has 2 N–H and O–H groups in total. The van der Waals surface area contributed by atoms with Crippen molar-refractivity contribution >= 4 is 38.9 Å². The maximum atomic E-state index is 6.23. The van der Waals surface area contributed by atoms with E-state index >= 15 is 0 Å². The lowest BCUT2D eigenvalue weighted by molar-refractivity contribution is -0.0394. The Morgan fingerprint density at radius 3 is 2.67 bits per heavy atom. The minimum atomic E-state index is -0.212. The molecule has 0 radical (unpaired) electrons. The quantitative estimate of drug-likeness (QED) is 0.434. The zero-order valence-electron chi connectivity index (χ0n) is 18.7. The number of morpholine rings is 1. The molecular weight excluding hydrogens is 436 g/mol. The number of benzene rings is 1. The van der Waals surface area contributed by atoms with Crippen LogP contribution in [0, 0.1) is 0 Å². The Hall–Kier alpha value is -3.01. The molecule has 0 spiro atoms. The number of nitrogens with one attached hydrogen (secondary N) is 2. The lowest BCUT2D eigenvalue weighted by atomic mass is 9.94. The number of hydrazine groups is 1. The molecule has 4 aliphatic rings. The van der Waals surface area contributed by atoms with E-state index in [9.17, 15) is 0 Å². The first-order valence-corrected chi connectivity index (χ1v) is 12.0. The van der Waals surface area contributed by atoms with Gasteiger partial charge in [0.2, 0.25) is 0 Å². The molecule has 4 heterocycles. The fourth-order valence-electron chi connectivity index (χ4n) is 4.59. The number of rotatable bonds is 4. The Morgan fingerprint density at radius 1 is 1.03 bits per heavy atom. The number of anilines is 3. The third-order valence-electron chi connectivity index (χ3n) is 6.21. The predicted octanol–water partition coefficient (Wildman–Crippen LogP) is 4.32. The molecule has 2 aromatic rings. The molecule has 1 aromatic carbocycles. The van der Waals surface area contributed by atoms with Gasteiger partial charge in [-0.25, -0.2) is 15.0 Å². The number of nitrogens with zero attached hydrogens (tertiary/aromatic N) is 4. The number of hydrogen-bond acceptors (Lipinski definition) is 9. The van der Waals surface area contributed by atoms with Crippen molar-refractivity contribution in [1.82, 2.24) is 15.0 Å². The minimum Gasteiger partial charge on any atom is -0.378 e. The van der Waals surface area contributed by atoms with E-state index in [1.165, 1.54) is 21.7 Å². The maximum Gasteiger partial charge on any atom is 0.175 e. The van der Waals surface area contributed by atoms with Gasteiger partial charge in [-0.15, -0.1) is 11.3 Å². The Balaban J connectivity index is 1.49. The first-order valence-electron chi connectivity index (χ1n) is 11.2. The average Bonchev–Trinajstić information content (AvgIpc) is 3.14. The van der Waals surface area contributed by atoms with Crippen LogP contribution in [0.2, 0.25) is 0 Å². The minimum absolute atomic E-state index is 0.212. The van der Waals surface area contributed by atoms with Gasteiger partial charge >= 0.3 is 0 Å². The third-order valence-corrected chi connectivity index (χ3v) is 7.38. The number of hydrogen-bond donors (Lipinski definition) is 2. The Kier molecular flexibility index (Phi) is 5.05. The van der Waals surface area contributed by atoms with Crippen molar-refractivity contribution in [1.29, 1.82) is 0 Å². The second kappa shape index (κ2) is 8.09. The smallest absolute Gasteiger partial charge is 0.175 e. The first-order chi connectivity index (χ1) is 16.1. The highest BCUT2D eigenvalue weighted by Gasteiger charge is 2.37. The number of aromatic nitrogens is 3. The van der Waals surface area contributed by atoms with Crippen LogP contribution in [-0.4, -0.2) is 46.9 Å². The van der Waals surface area contributed by atoms with Crippen LogP contribution in [0.3, 0.4) is 0 Å². The molecule has 0 amide bonds. The molecule has 33 heavy (non-hydrogen) atoms. The molecule has 1 saturated heterocycles. The summed E-state index contributed by atoms with van der Waals surface area (Å²) >= 11 is 1.70. The van der Waals surface area contributed by atoms with E-state index in [0.29, 0.717) is 18.1 Å². The van der Waals surface area contributed by atoms with Gasteiger partial charge in [0.15, 0.2) is 11.5 Å². The summed E-state index contributed by atoms with van der Waals surface area (Å²) < 4.78 is 12.8. The van der Waals surface area contributed by atoms with E-state index in [4.69, 9.17) is 14.5 Å². The fraction of sp³-hybridized carbons (Fsp3) is 0.375. The molecule has 3 aliphatic heterocycles. The van der Waals surface area contributed by atoms with Crippen molar-refractivity contribution in [2.75, 3.05) is 42.1 Å². The number of fused-ring (bicyclic) bond motifs is 4. The van der Waals surface area contributed by atoms with Gasteiger partial charge in [-0.1, -0.05) is 18.2 Å². The zero-order valence-corrected chi connectivity index (χ0v) is 19.5. The first kappa shape index (κ1) is 20.6. The second-order valence-corrected chi connectivity index (χ2v) is 10.0. The van der Waals surface area contributed by atoms with Gasteiger partial charge in [0, 0.05) is 25.1 Å². The van der Waals surface area contributed by atoms with Crippen molar-refractivity contribution in [2.24, 2.45) is 0 Å². The standard InChI is InChI=1S/C24H26N6O2S/c1-24(2)12-16-17(13-32-24)19(30-8-10-31-11-9-30)20-18(16)27-22-21(33-20)23(26-14-25-22)29-28-15-6-4-3-5-7-15/h3-7,14,28H,8-13H2,1-2H3,(H,25,26,29). The van der Waals surface area contributed by atoms with Gasteiger partial charge in [0.25, 0.3) is 0 Å². The van der Waals surface area contributed by atoms with Crippen LogP contribution in [0.4, 0.5) is 17.2 Å². The molecule has 1 fully saturated rings. The molecule has 8 nitrogen and oxygen atoms in total. The summed E-state index contributed by atoms with van der Waals surface area (Å²) in [7, 11) is 0. The van der Waals surface area contributed by atoms with Crippen LogP contribution >= 0.6 is 11.3 Å². The Morgan fingerprint density at radius 2 is 1.85 bits per heavy atom. The highest BCUT2D eigenvalue weighted by molar-refractivity contribution is 7.22. The second-order valence-electron chi connectivity index (χ2n) is 9.01. The monoisotopic (exact) mass is 462 g/mol. The van der Waals surface area contributed by atoms with Gasteiger partial charge in [-0.2, -0.15) is 0 Å². The average molecular weight is 463 g/mol. The fourth-order valence-corrected chi connectivity index (χ4v) is 5.80. The Bertz CT molecular complexity index is 1270. The summed E-state index contributed by atoms with van der Waals surface area (Å²) in [5, 5.41) is 0. The molecule has 0 unspecified atom stereocenters. The summed E-state index contributed by atoms with van der Waals surface area (Å²) in [5.74, 6) is 0.715. The van der Waals surface area contributed by atoms with Crippen molar-refractivity contribution in [3.05, 3.63) is 47.8 Å². The van der Waals surface area contributed by atoms with Crippen LogP contribution in [0.1, 0.15) is 25.0 Å². The summed E-state index contributed by atoms with van der Waals surface area (Å²) in [6.45, 7) is 8.09. The van der Waals surface area contributed by atoms with Gasteiger partial charge in [-0.3, -0.25) is 10.9 Å². The summed E-state index contributed by atoms with van der Waals surface area (Å²) in [6, 6.07) is 9.97. The van der Waals surface area contributed by atoms with Gasteiger partial charge in [0.05, 0.1) is 47.4 Å². The van der Waals surface area contributed by atoms with Crippen LogP contribution in [0.25, 0.3) is 20.9 Å². The molecule has 1 aromatic heterocycles. The highest BCUT2D eigenvalue weighted by Crippen LogP contribution is 2.50. The third kappa shape index (κ3) is 3.76. The van der Waals surface area contributed by atoms with Gasteiger partial charge in [-0.05, 0) is 31.5 Å². The molecule has 0 atom stereocenters. The van der Waals surface area contributed by atoms with Crippen LogP contribution in [0.15, 0.2) is 36.7 Å². The van der Waals surface area contributed by atoms with E-state index in [-0.39, 0.29) is 5.60 Å². The predicted molar refractivity (Wildman–Crippen MR) is 131 cm³/mol. The van der Waals surface area contributed by atoms with Crippen molar-refractivity contribution < 1.29 is 9.47 Å². The van der Waals surface area contributed by atoms with E-state index < -0.39 is 0 Å². The van der Waals surface area contributed by atoms with Crippen LogP contribution in [0.5, 0.6) is 0 Å². The lowest BCUT2D eigenvalue weighted by Gasteiger charge is -2.33. The van der Waals surface area contributed by atoms with Crippen molar-refractivity contribution in [2.45, 2.75) is 32.5 Å². The van der Waals surface area contributed by atoms with Crippen molar-refractivity contribution in [3.8, 4) is 10.6 Å². The molecule has 170 valence electrons. The van der Waals surface area contributed by atoms with E-state index in [2.05, 4.69) is 39.6 Å². The SMILES string of the molecule is CC1(C)Cc2c3nc4ncnc(NNc5ccccc5)c4sc-3c(N3CCOCC3)c2CO1. The van der Waals surface area contributed by atoms with Crippen molar-refractivity contribution in [3.63, 3.8) is 0 Å². The molecule has 0 saturated carbocycles. The Labute approximate surface area is 196 Å². The van der Waals surface area contributed by atoms with Gasteiger partial charge < -0.3 is 14.4 Å². The van der Waals surface area contributed by atoms with E-state index in [1.807, 2.05) is 30.3 Å². The molecule has 0 bridgehead atoms. The summed E-state index contributed by atoms with van der Waals surface area (Å²) in [4.78, 5) is 17.7. The highest BCUT2D eigenvalue weighted by atomic mass is 32.1. The molecule has 6 rings (SSSR count). The zero-order chi connectivity index (χ0) is 22.4. The summed E-state index contributed by atoms with van der Waals surface area (Å²) in [6.07, 6.45) is 2.40. The summed E-state index contributed by atoms with van der Waals surface area (Å²) in [5.41, 5.74) is 12.8. The van der Waals surface area contributed by atoms with Gasteiger partial charge in [0.1, 0.15) is 11.0 Å². The largest absolute Gasteiger partial charge is 0.378 e. The maximum absolute atomic E-state index is 6.23. The molecule has 1 aliphatic carbocycles.